The molecule has 0 aliphatic rings. The monoisotopic (exact) mass is 237 g/mol. The Labute approximate surface area is 102 Å². The molecule has 0 aliphatic carbocycles. The van der Waals surface area contributed by atoms with Gasteiger partial charge in [-0.2, -0.15) is 0 Å². The Bertz CT molecular complexity index is 330. The lowest BCUT2D eigenvalue weighted by atomic mass is 10.3. The largest absolute Gasteiger partial charge is 0.491 e. The van der Waals surface area contributed by atoms with Crippen molar-refractivity contribution in [3.8, 4) is 5.75 Å². The van der Waals surface area contributed by atoms with Crippen LogP contribution in [0.25, 0.3) is 0 Å². The van der Waals surface area contributed by atoms with Crippen LogP contribution in [0.4, 0.5) is 0 Å². The highest BCUT2D eigenvalue weighted by Gasteiger charge is 2.07. The molecule has 17 heavy (non-hydrogen) atoms. The minimum Gasteiger partial charge on any atom is -0.491 e. The van der Waals surface area contributed by atoms with Crippen LogP contribution in [0.1, 0.15) is 12.8 Å². The van der Waals surface area contributed by atoms with Gasteiger partial charge in [0.1, 0.15) is 5.75 Å². The molecule has 0 saturated carbocycles. The second-order valence-corrected chi connectivity index (χ2v) is 3.74. The van der Waals surface area contributed by atoms with Crippen molar-refractivity contribution in [1.82, 2.24) is 9.88 Å². The molecule has 0 unspecified atom stereocenters. The van der Waals surface area contributed by atoms with E-state index < -0.39 is 0 Å². The third-order valence-electron chi connectivity index (χ3n) is 2.34. The Balaban J connectivity index is 2.20. The van der Waals surface area contributed by atoms with E-state index in [1.54, 1.807) is 30.4 Å². The maximum absolute atomic E-state index is 11.6. The molecule has 5 heteroatoms. The number of carbonyl (C=O) groups excluding carboxylic acids is 1. The lowest BCUT2D eigenvalue weighted by Gasteiger charge is -2.16. The SMILES string of the molecule is CN(CCCN)C(=O)CCOc1cccnc1. The van der Waals surface area contributed by atoms with E-state index in [4.69, 9.17) is 10.5 Å². The number of aromatic nitrogens is 1. The number of ether oxygens (including phenoxy) is 1. The van der Waals surface area contributed by atoms with Crippen LogP contribution in [0.2, 0.25) is 0 Å². The molecule has 5 nitrogen and oxygen atoms in total. The summed E-state index contributed by atoms with van der Waals surface area (Å²) in [6.07, 6.45) is 4.50. The molecule has 0 radical (unpaired) electrons. The highest BCUT2D eigenvalue weighted by atomic mass is 16.5. The average Bonchev–Trinajstić information content (AvgIpc) is 2.37. The summed E-state index contributed by atoms with van der Waals surface area (Å²) in [5.74, 6) is 0.757. The standard InChI is InChI=1S/C12H19N3O2/c1-15(8-3-6-13)12(16)5-9-17-11-4-2-7-14-10-11/h2,4,7,10H,3,5-6,8-9,13H2,1H3. The van der Waals surface area contributed by atoms with Crippen LogP contribution in [0.3, 0.4) is 0 Å². The van der Waals surface area contributed by atoms with Crippen molar-refractivity contribution < 1.29 is 9.53 Å². The minimum absolute atomic E-state index is 0.0716. The van der Waals surface area contributed by atoms with Gasteiger partial charge in [-0.3, -0.25) is 9.78 Å². The van der Waals surface area contributed by atoms with Crippen molar-refractivity contribution in [3.63, 3.8) is 0 Å². The van der Waals surface area contributed by atoms with Crippen LogP contribution in [0.15, 0.2) is 24.5 Å². The van der Waals surface area contributed by atoms with Crippen LogP contribution in [0, 0.1) is 0 Å². The maximum Gasteiger partial charge on any atom is 0.225 e. The highest BCUT2D eigenvalue weighted by Crippen LogP contribution is 2.06. The highest BCUT2D eigenvalue weighted by molar-refractivity contribution is 5.75. The second kappa shape index (κ2) is 7.62. The third-order valence-corrected chi connectivity index (χ3v) is 2.34. The molecular formula is C12H19N3O2. The summed E-state index contributed by atoms with van der Waals surface area (Å²) in [7, 11) is 1.78. The fraction of sp³-hybridized carbons (Fsp3) is 0.500. The predicted molar refractivity (Wildman–Crippen MR) is 65.7 cm³/mol. The molecule has 94 valence electrons. The van der Waals surface area contributed by atoms with Gasteiger partial charge in [-0.15, -0.1) is 0 Å². The van der Waals surface area contributed by atoms with Crippen molar-refractivity contribution in [1.29, 1.82) is 0 Å². The van der Waals surface area contributed by atoms with Crippen molar-refractivity contribution >= 4 is 5.91 Å². The van der Waals surface area contributed by atoms with Crippen LogP contribution < -0.4 is 10.5 Å². The number of rotatable bonds is 7. The lowest BCUT2D eigenvalue weighted by Crippen LogP contribution is -2.30. The first-order chi connectivity index (χ1) is 8.24. The van der Waals surface area contributed by atoms with E-state index in [1.165, 1.54) is 0 Å². The van der Waals surface area contributed by atoms with E-state index in [-0.39, 0.29) is 5.91 Å². The molecule has 0 atom stereocenters. The van der Waals surface area contributed by atoms with Crippen molar-refractivity contribution in [2.24, 2.45) is 5.73 Å². The van der Waals surface area contributed by atoms with Gasteiger partial charge >= 0.3 is 0 Å². The fourth-order valence-corrected chi connectivity index (χ4v) is 1.33. The predicted octanol–water partition coefficient (Wildman–Crippen LogP) is 0.658. The normalized spacial score (nSPS) is 10.0. The molecule has 0 aliphatic heterocycles. The first-order valence-corrected chi connectivity index (χ1v) is 5.71. The van der Waals surface area contributed by atoms with Gasteiger partial charge in [-0.05, 0) is 25.1 Å². The van der Waals surface area contributed by atoms with Crippen LogP contribution in [-0.4, -0.2) is 42.5 Å². The van der Waals surface area contributed by atoms with Gasteiger partial charge in [0.25, 0.3) is 0 Å². The summed E-state index contributed by atoms with van der Waals surface area (Å²) in [6, 6.07) is 3.61. The zero-order valence-corrected chi connectivity index (χ0v) is 10.1. The quantitative estimate of drug-likeness (QED) is 0.756. The van der Waals surface area contributed by atoms with Crippen molar-refractivity contribution in [2.75, 3.05) is 26.7 Å². The molecule has 1 aromatic heterocycles. The Hall–Kier alpha value is -1.62. The van der Waals surface area contributed by atoms with E-state index in [2.05, 4.69) is 4.98 Å². The summed E-state index contributed by atoms with van der Waals surface area (Å²) in [6.45, 7) is 1.67. The molecule has 1 amide bonds. The molecule has 0 aromatic carbocycles. The maximum atomic E-state index is 11.6. The van der Waals surface area contributed by atoms with Gasteiger partial charge in [0.15, 0.2) is 0 Å². The number of nitrogens with two attached hydrogens (primary N) is 1. The van der Waals surface area contributed by atoms with Gasteiger partial charge in [0.2, 0.25) is 5.91 Å². The van der Waals surface area contributed by atoms with E-state index in [9.17, 15) is 4.79 Å². The molecule has 1 aromatic rings. The Morgan fingerprint density at radius 2 is 2.41 bits per heavy atom. The molecule has 0 bridgehead atoms. The van der Waals surface area contributed by atoms with E-state index in [1.807, 2.05) is 6.07 Å². The van der Waals surface area contributed by atoms with Crippen molar-refractivity contribution in [2.45, 2.75) is 12.8 Å². The zero-order valence-electron chi connectivity index (χ0n) is 10.1. The molecule has 1 heterocycles. The molecule has 2 N–H and O–H groups in total. The summed E-state index contributed by atoms with van der Waals surface area (Å²) >= 11 is 0. The van der Waals surface area contributed by atoms with Gasteiger partial charge in [0, 0.05) is 19.8 Å². The Morgan fingerprint density at radius 3 is 3.06 bits per heavy atom. The molecule has 0 spiro atoms. The van der Waals surface area contributed by atoms with Crippen LogP contribution in [0.5, 0.6) is 5.75 Å². The number of nitrogens with zero attached hydrogens (tertiary/aromatic N) is 2. The summed E-state index contributed by atoms with van der Waals surface area (Å²) < 4.78 is 5.40. The minimum atomic E-state index is 0.0716. The number of hydrogen-bond acceptors (Lipinski definition) is 4. The van der Waals surface area contributed by atoms with Gasteiger partial charge in [0.05, 0.1) is 19.2 Å². The van der Waals surface area contributed by atoms with Gasteiger partial charge in [-0.25, -0.2) is 0 Å². The first-order valence-electron chi connectivity index (χ1n) is 5.71. The average molecular weight is 237 g/mol. The third kappa shape index (κ3) is 5.31. The summed E-state index contributed by atoms with van der Waals surface area (Å²) in [5, 5.41) is 0. The van der Waals surface area contributed by atoms with Crippen LogP contribution in [-0.2, 0) is 4.79 Å². The Morgan fingerprint density at radius 1 is 1.59 bits per heavy atom. The van der Waals surface area contributed by atoms with E-state index in [0.717, 1.165) is 6.42 Å². The summed E-state index contributed by atoms with van der Waals surface area (Å²) in [5.41, 5.74) is 5.38. The molecule has 1 rings (SSSR count). The second-order valence-electron chi connectivity index (χ2n) is 3.74. The van der Waals surface area contributed by atoms with Crippen molar-refractivity contribution in [3.05, 3.63) is 24.5 Å². The molecular weight excluding hydrogens is 218 g/mol. The number of carbonyl (C=O) groups is 1. The van der Waals surface area contributed by atoms with E-state index >= 15 is 0 Å². The fourth-order valence-electron chi connectivity index (χ4n) is 1.33. The number of pyridine rings is 1. The molecule has 0 fully saturated rings. The summed E-state index contributed by atoms with van der Waals surface area (Å²) in [4.78, 5) is 17.2. The van der Waals surface area contributed by atoms with Crippen LogP contribution >= 0.6 is 0 Å². The van der Waals surface area contributed by atoms with Gasteiger partial charge < -0.3 is 15.4 Å². The topological polar surface area (TPSA) is 68.5 Å². The first kappa shape index (κ1) is 13.4. The lowest BCUT2D eigenvalue weighted by molar-refractivity contribution is -0.130. The smallest absolute Gasteiger partial charge is 0.225 e. The Kier molecular flexibility index (Phi) is 6.03. The zero-order chi connectivity index (χ0) is 12.5. The molecule has 0 saturated heterocycles. The van der Waals surface area contributed by atoms with E-state index in [0.29, 0.717) is 31.9 Å². The number of hydrogen-bond donors (Lipinski definition) is 1. The number of amides is 1. The van der Waals surface area contributed by atoms with Gasteiger partial charge in [-0.1, -0.05) is 0 Å².